The fraction of sp³-hybridized carbons (Fsp3) is 0.0380. The van der Waals surface area contributed by atoms with Crippen LogP contribution >= 0.6 is 11.3 Å². The fourth-order valence-corrected chi connectivity index (χ4v) is 15.7. The molecular formula is C79H51N5S. The van der Waals surface area contributed by atoms with Crippen LogP contribution in [0.2, 0.25) is 0 Å². The Bertz CT molecular complexity index is 5550. The van der Waals surface area contributed by atoms with Crippen LogP contribution in [0.1, 0.15) is 25.0 Å². The van der Waals surface area contributed by atoms with Crippen molar-refractivity contribution in [1.82, 2.24) is 23.7 Å². The molecule has 0 radical (unpaired) electrons. The molecular weight excluding hydrogens is 1050 g/mol. The predicted octanol–water partition coefficient (Wildman–Crippen LogP) is 21.1. The van der Waals surface area contributed by atoms with Gasteiger partial charge in [-0.05, 0) is 142 Å². The summed E-state index contributed by atoms with van der Waals surface area (Å²) in [6, 6.07) is 100. The summed E-state index contributed by atoms with van der Waals surface area (Å²) in [5.74, 6) is 0.620. The van der Waals surface area contributed by atoms with Crippen molar-refractivity contribution in [3.8, 4) is 73.2 Å². The minimum absolute atomic E-state index is 0.132. The third-order valence-corrected chi connectivity index (χ3v) is 19.4. The summed E-state index contributed by atoms with van der Waals surface area (Å²) in [5.41, 5.74) is 22.8. The zero-order valence-electron chi connectivity index (χ0n) is 46.6. The molecule has 0 fully saturated rings. The molecule has 12 aromatic carbocycles. The highest BCUT2D eigenvalue weighted by Gasteiger charge is 2.38. The van der Waals surface area contributed by atoms with Gasteiger partial charge in [0.05, 0.1) is 44.5 Å². The Morgan fingerprint density at radius 2 is 0.753 bits per heavy atom. The third-order valence-electron chi connectivity index (χ3n) is 18.2. The summed E-state index contributed by atoms with van der Waals surface area (Å²) in [6.45, 7) is 4.81. The van der Waals surface area contributed by atoms with Gasteiger partial charge in [-0.25, -0.2) is 9.97 Å². The first-order valence-electron chi connectivity index (χ1n) is 29.2. The molecule has 0 spiro atoms. The summed E-state index contributed by atoms with van der Waals surface area (Å²) in [6.07, 6.45) is 0. The van der Waals surface area contributed by atoms with Crippen molar-refractivity contribution in [1.29, 1.82) is 0 Å². The Labute approximate surface area is 494 Å². The minimum Gasteiger partial charge on any atom is -0.309 e. The van der Waals surface area contributed by atoms with E-state index in [1.807, 2.05) is 11.3 Å². The number of para-hydroxylation sites is 3. The van der Waals surface area contributed by atoms with Gasteiger partial charge in [0.2, 0.25) is 5.95 Å². The first-order valence-corrected chi connectivity index (χ1v) is 30.0. The first kappa shape index (κ1) is 47.9. The molecule has 17 aromatic rings. The number of hydrogen-bond donors (Lipinski definition) is 0. The second-order valence-electron chi connectivity index (χ2n) is 23.3. The van der Waals surface area contributed by atoms with Crippen molar-refractivity contribution >= 4 is 96.9 Å². The summed E-state index contributed by atoms with van der Waals surface area (Å²) >= 11 is 1.93. The first-order chi connectivity index (χ1) is 41.9. The van der Waals surface area contributed by atoms with Gasteiger partial charge in [-0.3, -0.25) is 4.57 Å². The van der Waals surface area contributed by atoms with E-state index >= 15 is 0 Å². The van der Waals surface area contributed by atoms with Gasteiger partial charge in [0, 0.05) is 80.4 Å². The van der Waals surface area contributed by atoms with Gasteiger partial charge in [-0.2, -0.15) is 0 Å². The van der Waals surface area contributed by atoms with Crippen LogP contribution in [0.25, 0.3) is 159 Å². The topological polar surface area (TPSA) is 40.6 Å². The molecule has 0 aliphatic heterocycles. The van der Waals surface area contributed by atoms with Gasteiger partial charge in [-0.1, -0.05) is 190 Å². The number of nitrogens with zero attached hydrogens (tertiary/aromatic N) is 5. The van der Waals surface area contributed by atoms with E-state index in [2.05, 4.69) is 301 Å². The van der Waals surface area contributed by atoms with Crippen molar-refractivity contribution in [2.75, 3.05) is 0 Å². The van der Waals surface area contributed by atoms with Gasteiger partial charge in [0.15, 0.2) is 0 Å². The van der Waals surface area contributed by atoms with Crippen molar-refractivity contribution in [2.24, 2.45) is 0 Å². The fourth-order valence-electron chi connectivity index (χ4n) is 14.3. The van der Waals surface area contributed by atoms with Gasteiger partial charge in [0.25, 0.3) is 0 Å². The highest BCUT2D eigenvalue weighted by molar-refractivity contribution is 7.26. The molecule has 85 heavy (non-hydrogen) atoms. The lowest BCUT2D eigenvalue weighted by atomic mass is 9.81. The van der Waals surface area contributed by atoms with E-state index < -0.39 is 0 Å². The maximum Gasteiger partial charge on any atom is 0.235 e. The van der Waals surface area contributed by atoms with Crippen LogP contribution in [-0.4, -0.2) is 23.7 Å². The van der Waals surface area contributed by atoms with Gasteiger partial charge < -0.3 is 9.13 Å². The van der Waals surface area contributed by atoms with Crippen LogP contribution in [0.15, 0.2) is 273 Å². The second-order valence-corrected chi connectivity index (χ2v) is 24.3. The van der Waals surface area contributed by atoms with E-state index in [4.69, 9.17) is 9.97 Å². The maximum absolute atomic E-state index is 5.46. The monoisotopic (exact) mass is 1100 g/mol. The van der Waals surface area contributed by atoms with Crippen molar-refractivity contribution in [3.05, 3.63) is 284 Å². The molecule has 0 saturated heterocycles. The zero-order valence-corrected chi connectivity index (χ0v) is 47.4. The highest BCUT2D eigenvalue weighted by Crippen LogP contribution is 2.55. The molecule has 5 aromatic heterocycles. The van der Waals surface area contributed by atoms with Crippen LogP contribution in [-0.2, 0) is 5.41 Å². The maximum atomic E-state index is 5.46. The van der Waals surface area contributed by atoms with E-state index in [0.29, 0.717) is 5.95 Å². The Balaban J connectivity index is 0.846. The normalized spacial score (nSPS) is 12.9. The minimum atomic E-state index is -0.132. The van der Waals surface area contributed by atoms with E-state index in [9.17, 15) is 0 Å². The molecule has 1 aliphatic rings. The van der Waals surface area contributed by atoms with Gasteiger partial charge >= 0.3 is 0 Å². The van der Waals surface area contributed by atoms with Crippen LogP contribution in [0.3, 0.4) is 0 Å². The molecule has 0 saturated carbocycles. The van der Waals surface area contributed by atoms with E-state index in [0.717, 1.165) is 83.4 Å². The number of rotatable bonds is 7. The van der Waals surface area contributed by atoms with E-state index in [-0.39, 0.29) is 5.41 Å². The number of fused-ring (bicyclic) bond motifs is 16. The molecule has 5 heterocycles. The molecule has 5 nitrogen and oxygen atoms in total. The second kappa shape index (κ2) is 18.2. The predicted molar refractivity (Wildman–Crippen MR) is 357 cm³/mol. The molecule has 1 aliphatic carbocycles. The van der Waals surface area contributed by atoms with Crippen molar-refractivity contribution in [2.45, 2.75) is 19.3 Å². The standard InChI is InChI=1S/C79H51N5S/c1-79(2)66-37-31-50(41-60(66)58-35-36-59-57-28-16-18-30-75(57)85-77(59)76(58)79)51-32-38-70-61(42-51)62-43-52(33-39-71(62)82(70)54-23-11-5-12-24-54)53-34-40-72-63(44-53)65-46-73-64(56-27-15-17-29-69(56)83(73)55-25-13-6-14-26-55)45-74(65)84(72)78-80-67(48-19-7-3-8-20-48)47-68(81-78)49-21-9-4-10-22-49/h3-47H,1-2H3. The quantitative estimate of drug-likeness (QED) is 0.160. The number of aromatic nitrogens is 5. The van der Waals surface area contributed by atoms with Gasteiger partial charge in [0.1, 0.15) is 0 Å². The molecule has 398 valence electrons. The lowest BCUT2D eigenvalue weighted by molar-refractivity contribution is 0.667. The lowest BCUT2D eigenvalue weighted by Gasteiger charge is -2.22. The SMILES string of the molecule is CC1(C)c2ccc(-c3ccc4c(c3)c3cc(-c5ccc6c(c5)c5cc7c(cc5n6-c5nc(-c6ccccc6)cc(-c6ccccc6)n5)c5ccccc5n7-c5ccccc5)ccc3n4-c3ccccc3)cc2-c2ccc3c(sc4ccccc43)c21. The van der Waals surface area contributed by atoms with Crippen LogP contribution in [0.4, 0.5) is 0 Å². The Hall–Kier alpha value is -10.7. The molecule has 0 amide bonds. The van der Waals surface area contributed by atoms with E-state index in [1.54, 1.807) is 0 Å². The molecule has 0 N–H and O–H groups in total. The van der Waals surface area contributed by atoms with Crippen molar-refractivity contribution < 1.29 is 0 Å². The summed E-state index contributed by atoms with van der Waals surface area (Å²) in [7, 11) is 0. The number of benzene rings is 12. The molecule has 0 atom stereocenters. The van der Waals surface area contributed by atoms with Gasteiger partial charge in [-0.15, -0.1) is 11.3 Å². The Morgan fingerprint density at radius 3 is 1.35 bits per heavy atom. The van der Waals surface area contributed by atoms with Crippen LogP contribution in [0, 0.1) is 0 Å². The average molecular weight is 1100 g/mol. The number of hydrogen-bond acceptors (Lipinski definition) is 3. The molecule has 18 rings (SSSR count). The Kier molecular flexibility index (Phi) is 10.2. The summed E-state index contributed by atoms with van der Waals surface area (Å²) in [5, 5.41) is 9.72. The largest absolute Gasteiger partial charge is 0.309 e. The Morgan fingerprint density at radius 1 is 0.306 bits per heavy atom. The van der Waals surface area contributed by atoms with Crippen LogP contribution in [0.5, 0.6) is 0 Å². The molecule has 6 heteroatoms. The van der Waals surface area contributed by atoms with E-state index in [1.165, 1.54) is 80.6 Å². The third kappa shape index (κ3) is 7.16. The smallest absolute Gasteiger partial charge is 0.235 e. The number of thiophene rings is 1. The lowest BCUT2D eigenvalue weighted by Crippen LogP contribution is -2.15. The van der Waals surface area contributed by atoms with Crippen molar-refractivity contribution in [3.63, 3.8) is 0 Å². The molecule has 0 unspecified atom stereocenters. The summed E-state index contributed by atoms with van der Waals surface area (Å²) < 4.78 is 9.88. The molecule has 0 bridgehead atoms. The summed E-state index contributed by atoms with van der Waals surface area (Å²) in [4.78, 5) is 10.9. The average Bonchev–Trinajstić information content (AvgIpc) is 2.08. The zero-order chi connectivity index (χ0) is 56.1. The van der Waals surface area contributed by atoms with Crippen LogP contribution < -0.4 is 0 Å². The highest BCUT2D eigenvalue weighted by atomic mass is 32.1.